The van der Waals surface area contributed by atoms with Gasteiger partial charge in [0.1, 0.15) is 12.4 Å². The largest absolute Gasteiger partial charge is 0.491 e. The highest BCUT2D eigenvalue weighted by atomic mass is 35.5. The maximum Gasteiger partial charge on any atom is 0.119 e. The van der Waals surface area contributed by atoms with Gasteiger partial charge >= 0.3 is 0 Å². The summed E-state index contributed by atoms with van der Waals surface area (Å²) >= 11 is 5.82. The van der Waals surface area contributed by atoms with E-state index in [1.54, 1.807) is 12.1 Å². The molecule has 2 rings (SSSR count). The second kappa shape index (κ2) is 10.2. The van der Waals surface area contributed by atoms with Gasteiger partial charge in [-0.25, -0.2) is 0 Å². The van der Waals surface area contributed by atoms with Gasteiger partial charge in [0.05, 0.1) is 19.3 Å². The Morgan fingerprint density at radius 1 is 1.21 bits per heavy atom. The summed E-state index contributed by atoms with van der Waals surface area (Å²) in [6.07, 6.45) is 3.31. The summed E-state index contributed by atoms with van der Waals surface area (Å²) in [5.74, 6) is 2.19. The zero-order valence-corrected chi connectivity index (χ0v) is 15.5. The van der Waals surface area contributed by atoms with Gasteiger partial charge in [0.15, 0.2) is 0 Å². The Labute approximate surface area is 150 Å². The van der Waals surface area contributed by atoms with Gasteiger partial charge in [-0.15, -0.1) is 0 Å². The summed E-state index contributed by atoms with van der Waals surface area (Å²) in [6.45, 7) is 6.44. The van der Waals surface area contributed by atoms with Gasteiger partial charge in [-0.05, 0) is 42.5 Å². The van der Waals surface area contributed by atoms with Crippen molar-refractivity contribution in [2.45, 2.75) is 45.3 Å². The molecule has 0 saturated heterocycles. The van der Waals surface area contributed by atoms with Crippen molar-refractivity contribution in [1.29, 1.82) is 0 Å². The van der Waals surface area contributed by atoms with Gasteiger partial charge in [0.2, 0.25) is 0 Å². The van der Waals surface area contributed by atoms with Crippen molar-refractivity contribution in [2.75, 3.05) is 26.4 Å². The lowest BCUT2D eigenvalue weighted by molar-refractivity contribution is 0.0217. The predicted octanol–water partition coefficient (Wildman–Crippen LogP) is 3.51. The minimum Gasteiger partial charge on any atom is -0.491 e. The lowest BCUT2D eigenvalue weighted by Gasteiger charge is -2.35. The van der Waals surface area contributed by atoms with Crippen LogP contribution in [0.3, 0.4) is 0 Å². The maximum atomic E-state index is 10.0. The normalized spacial score (nSPS) is 25.4. The molecule has 0 bridgehead atoms. The Morgan fingerprint density at radius 2 is 1.96 bits per heavy atom. The molecule has 0 aliphatic heterocycles. The Kier molecular flexibility index (Phi) is 8.33. The number of halogens is 1. The van der Waals surface area contributed by atoms with Crippen LogP contribution in [0.4, 0.5) is 0 Å². The van der Waals surface area contributed by atoms with Crippen molar-refractivity contribution in [3.8, 4) is 5.75 Å². The van der Waals surface area contributed by atoms with Crippen molar-refractivity contribution in [3.63, 3.8) is 0 Å². The summed E-state index contributed by atoms with van der Waals surface area (Å²) in [4.78, 5) is 0. The fourth-order valence-corrected chi connectivity index (χ4v) is 3.31. The van der Waals surface area contributed by atoms with Crippen LogP contribution in [0.1, 0.15) is 33.1 Å². The molecule has 1 aliphatic carbocycles. The van der Waals surface area contributed by atoms with E-state index in [-0.39, 0.29) is 0 Å². The Balaban J connectivity index is 1.53. The fraction of sp³-hybridized carbons (Fsp3) is 0.684. The van der Waals surface area contributed by atoms with E-state index < -0.39 is 6.10 Å². The second-order valence-corrected chi connectivity index (χ2v) is 7.25. The van der Waals surface area contributed by atoms with Gasteiger partial charge in [0, 0.05) is 17.6 Å². The first-order chi connectivity index (χ1) is 11.6. The first-order valence-corrected chi connectivity index (χ1v) is 9.31. The van der Waals surface area contributed by atoms with E-state index in [2.05, 4.69) is 19.2 Å². The number of aliphatic hydroxyl groups excluding tert-OH is 1. The molecule has 136 valence electrons. The molecule has 1 fully saturated rings. The van der Waals surface area contributed by atoms with Crippen molar-refractivity contribution in [2.24, 2.45) is 11.8 Å². The first kappa shape index (κ1) is 19.5. The van der Waals surface area contributed by atoms with Crippen LogP contribution in [-0.2, 0) is 4.74 Å². The molecule has 4 nitrogen and oxygen atoms in total. The van der Waals surface area contributed by atoms with Gasteiger partial charge in [-0.2, -0.15) is 0 Å². The molecule has 0 heterocycles. The summed E-state index contributed by atoms with van der Waals surface area (Å²) in [5, 5.41) is 14.2. The average molecular weight is 356 g/mol. The highest BCUT2D eigenvalue weighted by molar-refractivity contribution is 6.30. The van der Waals surface area contributed by atoms with Crippen LogP contribution in [0, 0.1) is 11.8 Å². The summed E-state index contributed by atoms with van der Waals surface area (Å²) in [5.41, 5.74) is 0. The third-order valence-electron chi connectivity index (χ3n) is 4.94. The SMILES string of the molecule is C[C@H]1[C@@H](NC[C@@H](O)COCCOc2ccc(Cl)cc2)CCC[C@@H]1C. The summed E-state index contributed by atoms with van der Waals surface area (Å²) in [7, 11) is 0. The molecule has 1 aromatic carbocycles. The average Bonchev–Trinajstić information content (AvgIpc) is 2.57. The van der Waals surface area contributed by atoms with Gasteiger partial charge < -0.3 is 19.9 Å². The van der Waals surface area contributed by atoms with Crippen molar-refractivity contribution in [3.05, 3.63) is 29.3 Å². The van der Waals surface area contributed by atoms with E-state index in [1.807, 2.05) is 12.1 Å². The number of aliphatic hydroxyl groups is 1. The molecule has 4 atom stereocenters. The standard InChI is InChI=1S/C19H30ClNO3/c1-14-4-3-5-19(15(14)2)21-12-17(22)13-23-10-11-24-18-8-6-16(20)7-9-18/h6-9,14-15,17,19,21-22H,3-5,10-13H2,1-2H3/t14-,15+,17+,19-/m0/s1. The monoisotopic (exact) mass is 355 g/mol. The van der Waals surface area contributed by atoms with E-state index in [9.17, 15) is 5.11 Å². The van der Waals surface area contributed by atoms with Crippen LogP contribution < -0.4 is 10.1 Å². The number of ether oxygens (including phenoxy) is 2. The lowest BCUT2D eigenvalue weighted by atomic mass is 9.78. The number of hydrogen-bond donors (Lipinski definition) is 2. The molecule has 1 aromatic rings. The smallest absolute Gasteiger partial charge is 0.119 e. The van der Waals surface area contributed by atoms with Crippen LogP contribution in [0.2, 0.25) is 5.02 Å². The third kappa shape index (κ3) is 6.60. The first-order valence-electron chi connectivity index (χ1n) is 8.94. The molecular formula is C19H30ClNO3. The van der Waals surface area contributed by atoms with Crippen LogP contribution >= 0.6 is 11.6 Å². The summed E-state index contributed by atoms with van der Waals surface area (Å²) in [6, 6.07) is 7.75. The zero-order valence-electron chi connectivity index (χ0n) is 14.7. The highest BCUT2D eigenvalue weighted by Gasteiger charge is 2.26. The molecule has 1 aliphatic rings. The number of rotatable bonds is 9. The van der Waals surface area contributed by atoms with Crippen molar-refractivity contribution in [1.82, 2.24) is 5.32 Å². The van der Waals surface area contributed by atoms with Crippen molar-refractivity contribution < 1.29 is 14.6 Å². The molecule has 0 spiro atoms. The van der Waals surface area contributed by atoms with E-state index in [0.29, 0.717) is 43.3 Å². The minimum absolute atomic E-state index is 0.327. The second-order valence-electron chi connectivity index (χ2n) is 6.81. The van der Waals surface area contributed by atoms with Crippen LogP contribution in [-0.4, -0.2) is 43.6 Å². The van der Waals surface area contributed by atoms with Gasteiger partial charge in [0.25, 0.3) is 0 Å². The zero-order chi connectivity index (χ0) is 17.4. The predicted molar refractivity (Wildman–Crippen MR) is 97.7 cm³/mol. The molecule has 24 heavy (non-hydrogen) atoms. The molecular weight excluding hydrogens is 326 g/mol. The van der Waals surface area contributed by atoms with Gasteiger partial charge in [-0.3, -0.25) is 0 Å². The number of hydrogen-bond acceptors (Lipinski definition) is 4. The Morgan fingerprint density at radius 3 is 2.71 bits per heavy atom. The van der Waals surface area contributed by atoms with Crippen LogP contribution in [0.5, 0.6) is 5.75 Å². The molecule has 0 aromatic heterocycles. The van der Waals surface area contributed by atoms with Gasteiger partial charge in [-0.1, -0.05) is 38.3 Å². The molecule has 1 saturated carbocycles. The van der Waals surface area contributed by atoms with E-state index >= 15 is 0 Å². The summed E-state index contributed by atoms with van der Waals surface area (Å²) < 4.78 is 11.0. The number of nitrogens with one attached hydrogen (secondary N) is 1. The van der Waals surface area contributed by atoms with Crippen LogP contribution in [0.15, 0.2) is 24.3 Å². The minimum atomic E-state index is -0.482. The van der Waals surface area contributed by atoms with E-state index in [0.717, 1.165) is 11.7 Å². The van der Waals surface area contributed by atoms with Crippen LogP contribution in [0.25, 0.3) is 0 Å². The van der Waals surface area contributed by atoms with Crippen molar-refractivity contribution >= 4 is 11.6 Å². The fourth-order valence-electron chi connectivity index (χ4n) is 3.19. The highest BCUT2D eigenvalue weighted by Crippen LogP contribution is 2.29. The topological polar surface area (TPSA) is 50.7 Å². The Hall–Kier alpha value is -0.810. The lowest BCUT2D eigenvalue weighted by Crippen LogP contribution is -2.44. The van der Waals surface area contributed by atoms with E-state index in [1.165, 1.54) is 19.3 Å². The number of benzene rings is 1. The van der Waals surface area contributed by atoms with E-state index in [4.69, 9.17) is 21.1 Å². The molecule has 0 amide bonds. The quantitative estimate of drug-likeness (QED) is 0.665. The molecule has 2 N–H and O–H groups in total. The third-order valence-corrected chi connectivity index (χ3v) is 5.19. The maximum absolute atomic E-state index is 10.0. The molecule has 0 unspecified atom stereocenters. The Bertz CT molecular complexity index is 468. The molecule has 0 radical (unpaired) electrons. The molecule has 5 heteroatoms.